The van der Waals surface area contributed by atoms with Gasteiger partial charge in [0.2, 0.25) is 0 Å². The Kier molecular flexibility index (Phi) is 7.14. The predicted molar refractivity (Wildman–Crippen MR) is 57.5 cm³/mol. The molecule has 0 fully saturated rings. The van der Waals surface area contributed by atoms with E-state index in [1.54, 1.807) is 21.3 Å². The van der Waals surface area contributed by atoms with E-state index in [2.05, 4.69) is 4.99 Å². The van der Waals surface area contributed by atoms with Crippen molar-refractivity contribution in [2.75, 3.05) is 41.0 Å². The van der Waals surface area contributed by atoms with Crippen molar-refractivity contribution in [2.24, 2.45) is 10.7 Å². The molecular weight excluding hydrogens is 182 g/mol. The van der Waals surface area contributed by atoms with E-state index in [0.717, 1.165) is 6.54 Å². The molecule has 0 rings (SSSR count). The molecule has 5 heteroatoms. The Morgan fingerprint density at radius 3 is 2.50 bits per heavy atom. The quantitative estimate of drug-likeness (QED) is 0.484. The SMILES string of the molecule is CN=C(N)N(CCOC)C(C)COC. The Bertz CT molecular complexity index is 173. The summed E-state index contributed by atoms with van der Waals surface area (Å²) in [7, 11) is 5.01. The zero-order chi connectivity index (χ0) is 11.0. The maximum absolute atomic E-state index is 5.75. The summed E-state index contributed by atoms with van der Waals surface area (Å²) in [6.07, 6.45) is 0. The molecule has 1 unspecified atom stereocenters. The van der Waals surface area contributed by atoms with Gasteiger partial charge in [-0.2, -0.15) is 0 Å². The number of guanidine groups is 1. The van der Waals surface area contributed by atoms with Gasteiger partial charge in [0.1, 0.15) is 0 Å². The fourth-order valence-corrected chi connectivity index (χ4v) is 1.21. The number of nitrogens with two attached hydrogens (primary N) is 1. The third-order valence-corrected chi connectivity index (χ3v) is 2.00. The molecule has 0 aliphatic carbocycles. The van der Waals surface area contributed by atoms with Gasteiger partial charge in [-0.25, -0.2) is 0 Å². The lowest BCUT2D eigenvalue weighted by Gasteiger charge is -2.29. The number of rotatable bonds is 6. The first kappa shape index (κ1) is 13.2. The lowest BCUT2D eigenvalue weighted by Crippen LogP contribution is -2.46. The highest BCUT2D eigenvalue weighted by Gasteiger charge is 2.14. The molecule has 0 aliphatic heterocycles. The number of nitrogens with zero attached hydrogens (tertiary/aromatic N) is 2. The summed E-state index contributed by atoms with van der Waals surface area (Å²) >= 11 is 0. The highest BCUT2D eigenvalue weighted by Crippen LogP contribution is 1.99. The molecule has 0 aliphatic rings. The van der Waals surface area contributed by atoms with Gasteiger partial charge in [0, 0.05) is 27.8 Å². The van der Waals surface area contributed by atoms with Gasteiger partial charge in [-0.3, -0.25) is 4.99 Å². The summed E-state index contributed by atoms with van der Waals surface area (Å²) in [5.41, 5.74) is 5.75. The fourth-order valence-electron chi connectivity index (χ4n) is 1.21. The first-order chi connectivity index (χ1) is 6.67. The number of methoxy groups -OCH3 is 2. The van der Waals surface area contributed by atoms with E-state index >= 15 is 0 Å². The van der Waals surface area contributed by atoms with Crippen LogP contribution >= 0.6 is 0 Å². The predicted octanol–water partition coefficient (Wildman–Crippen LogP) is -0.0858. The third kappa shape index (κ3) is 4.43. The van der Waals surface area contributed by atoms with E-state index in [1.807, 2.05) is 11.8 Å². The lowest BCUT2D eigenvalue weighted by molar-refractivity contribution is 0.112. The smallest absolute Gasteiger partial charge is 0.191 e. The van der Waals surface area contributed by atoms with E-state index in [0.29, 0.717) is 19.2 Å². The van der Waals surface area contributed by atoms with Crippen LogP contribution in [0.4, 0.5) is 0 Å². The maximum Gasteiger partial charge on any atom is 0.191 e. The minimum atomic E-state index is 0.207. The Hall–Kier alpha value is -0.810. The van der Waals surface area contributed by atoms with Gasteiger partial charge < -0.3 is 20.1 Å². The standard InChI is InChI=1S/C9H21N3O2/c1-8(7-14-4)12(5-6-13-3)9(10)11-2/h8H,5-7H2,1-4H3,(H2,10,11). The molecule has 84 valence electrons. The second kappa shape index (κ2) is 7.58. The zero-order valence-corrected chi connectivity index (χ0v) is 9.49. The van der Waals surface area contributed by atoms with Gasteiger partial charge in [0.15, 0.2) is 5.96 Å². The summed E-state index contributed by atoms with van der Waals surface area (Å²) in [5.74, 6) is 0.520. The van der Waals surface area contributed by atoms with Crippen LogP contribution in [0.5, 0.6) is 0 Å². The summed E-state index contributed by atoms with van der Waals surface area (Å²) < 4.78 is 10.1. The van der Waals surface area contributed by atoms with Crippen LogP contribution in [0.1, 0.15) is 6.92 Å². The van der Waals surface area contributed by atoms with Crippen LogP contribution in [0.3, 0.4) is 0 Å². The van der Waals surface area contributed by atoms with Crippen molar-refractivity contribution in [3.63, 3.8) is 0 Å². The average Bonchev–Trinajstić information content (AvgIpc) is 2.18. The van der Waals surface area contributed by atoms with Crippen molar-refractivity contribution in [1.82, 2.24) is 4.90 Å². The number of aliphatic imine (C=N–C) groups is 1. The zero-order valence-electron chi connectivity index (χ0n) is 9.49. The number of hydrogen-bond donors (Lipinski definition) is 1. The molecule has 0 aromatic rings. The highest BCUT2D eigenvalue weighted by atomic mass is 16.5. The molecule has 0 amide bonds. The molecule has 0 aromatic carbocycles. The molecule has 0 aromatic heterocycles. The molecular formula is C9H21N3O2. The summed E-state index contributed by atoms with van der Waals surface area (Å²) in [6.45, 7) is 4.02. The van der Waals surface area contributed by atoms with Crippen molar-refractivity contribution >= 4 is 5.96 Å². The van der Waals surface area contributed by atoms with Crippen LogP contribution in [0.15, 0.2) is 4.99 Å². The van der Waals surface area contributed by atoms with Crippen molar-refractivity contribution in [2.45, 2.75) is 13.0 Å². The summed E-state index contributed by atoms with van der Waals surface area (Å²) in [5, 5.41) is 0. The number of hydrogen-bond acceptors (Lipinski definition) is 3. The van der Waals surface area contributed by atoms with Crippen LogP contribution in [0.25, 0.3) is 0 Å². The monoisotopic (exact) mass is 203 g/mol. The Morgan fingerprint density at radius 2 is 2.07 bits per heavy atom. The minimum absolute atomic E-state index is 0.207. The Balaban J connectivity index is 4.22. The largest absolute Gasteiger partial charge is 0.383 e. The van der Waals surface area contributed by atoms with Gasteiger partial charge in [-0.1, -0.05) is 0 Å². The second-order valence-electron chi connectivity index (χ2n) is 3.07. The normalized spacial score (nSPS) is 14.1. The van der Waals surface area contributed by atoms with Gasteiger partial charge in [-0.05, 0) is 6.92 Å². The van der Waals surface area contributed by atoms with Crippen molar-refractivity contribution in [3.8, 4) is 0 Å². The molecule has 0 spiro atoms. The first-order valence-corrected chi connectivity index (χ1v) is 4.64. The molecule has 14 heavy (non-hydrogen) atoms. The fraction of sp³-hybridized carbons (Fsp3) is 0.889. The maximum atomic E-state index is 5.75. The Morgan fingerprint density at radius 1 is 1.43 bits per heavy atom. The van der Waals surface area contributed by atoms with Crippen LogP contribution < -0.4 is 5.73 Å². The van der Waals surface area contributed by atoms with E-state index in [1.165, 1.54) is 0 Å². The van der Waals surface area contributed by atoms with Crippen LogP contribution in [-0.2, 0) is 9.47 Å². The minimum Gasteiger partial charge on any atom is -0.383 e. The molecule has 2 N–H and O–H groups in total. The van der Waals surface area contributed by atoms with Gasteiger partial charge in [0.05, 0.1) is 19.3 Å². The van der Waals surface area contributed by atoms with E-state index < -0.39 is 0 Å². The first-order valence-electron chi connectivity index (χ1n) is 4.64. The molecule has 0 heterocycles. The molecule has 0 saturated carbocycles. The topological polar surface area (TPSA) is 60.1 Å². The molecule has 5 nitrogen and oxygen atoms in total. The van der Waals surface area contributed by atoms with E-state index in [9.17, 15) is 0 Å². The Labute approximate surface area is 85.9 Å². The molecule has 0 saturated heterocycles. The second-order valence-corrected chi connectivity index (χ2v) is 3.07. The highest BCUT2D eigenvalue weighted by molar-refractivity contribution is 5.78. The molecule has 0 bridgehead atoms. The van der Waals surface area contributed by atoms with E-state index in [-0.39, 0.29) is 6.04 Å². The summed E-state index contributed by atoms with van der Waals surface area (Å²) in [6, 6.07) is 0.207. The van der Waals surface area contributed by atoms with Gasteiger partial charge in [0.25, 0.3) is 0 Å². The van der Waals surface area contributed by atoms with Crippen LogP contribution in [0, 0.1) is 0 Å². The number of ether oxygens (including phenoxy) is 2. The van der Waals surface area contributed by atoms with E-state index in [4.69, 9.17) is 15.2 Å². The van der Waals surface area contributed by atoms with Crippen molar-refractivity contribution in [3.05, 3.63) is 0 Å². The summed E-state index contributed by atoms with van der Waals surface area (Å²) in [4.78, 5) is 5.92. The third-order valence-electron chi connectivity index (χ3n) is 2.00. The van der Waals surface area contributed by atoms with Crippen molar-refractivity contribution < 1.29 is 9.47 Å². The molecule has 1 atom stereocenters. The van der Waals surface area contributed by atoms with Crippen LogP contribution in [-0.4, -0.2) is 57.9 Å². The van der Waals surface area contributed by atoms with Gasteiger partial charge >= 0.3 is 0 Å². The van der Waals surface area contributed by atoms with Crippen LogP contribution in [0.2, 0.25) is 0 Å². The van der Waals surface area contributed by atoms with Gasteiger partial charge in [-0.15, -0.1) is 0 Å². The average molecular weight is 203 g/mol. The lowest BCUT2D eigenvalue weighted by atomic mass is 10.3. The van der Waals surface area contributed by atoms with Crippen molar-refractivity contribution in [1.29, 1.82) is 0 Å². The molecule has 0 radical (unpaired) electrons.